The third-order valence-corrected chi connectivity index (χ3v) is 2.34. The van der Waals surface area contributed by atoms with Crippen LogP contribution in [0.25, 0.3) is 0 Å². The number of hydrogen-bond acceptors (Lipinski definition) is 0. The van der Waals surface area contributed by atoms with Crippen molar-refractivity contribution in [1.29, 1.82) is 0 Å². The van der Waals surface area contributed by atoms with E-state index in [1.54, 1.807) is 0 Å². The molecule has 0 N–H and O–H groups in total. The number of rotatable bonds is 0. The summed E-state index contributed by atoms with van der Waals surface area (Å²) >= 11 is 4.54. The predicted molar refractivity (Wildman–Crippen MR) is 121 cm³/mol. The molecule has 30 heavy (non-hydrogen) atoms. The van der Waals surface area contributed by atoms with Crippen LogP contribution in [0, 0.1) is 24.3 Å². The molecule has 0 saturated carbocycles. The number of allylic oxidation sites excluding steroid dienone is 16. The molecule has 0 aromatic rings. The van der Waals surface area contributed by atoms with Gasteiger partial charge in [-0.1, -0.05) is 0 Å². The summed E-state index contributed by atoms with van der Waals surface area (Å²) < 4.78 is 0. The van der Waals surface area contributed by atoms with Gasteiger partial charge in [0.05, 0.1) is 0 Å². The van der Waals surface area contributed by atoms with Crippen LogP contribution in [0.1, 0.15) is 25.7 Å². The van der Waals surface area contributed by atoms with E-state index in [1.165, 1.54) is 0 Å². The molecule has 4 rings (SSSR count). The molecule has 0 atom stereocenters. The minimum Gasteiger partial charge on any atom is -1.00 e. The molecule has 0 nitrogen and oxygen atoms in total. The zero-order valence-corrected chi connectivity index (χ0v) is 26.8. The van der Waals surface area contributed by atoms with Crippen LogP contribution in [0.2, 0.25) is 26.2 Å². The maximum absolute atomic E-state index is 2.99. The van der Waals surface area contributed by atoms with Crippen molar-refractivity contribution in [2.75, 3.05) is 0 Å². The SMILES string of the molecule is C[Si](C)=[Ti+2].C[Si](C)=[Ti+2].[Br-].[Br-].[C-]1=CC=CC1.[C-]1=CC=CC1.[C-]1=CC=CC1.[C-]1=CC=CC1. The maximum atomic E-state index is 2.99. The summed E-state index contributed by atoms with van der Waals surface area (Å²) in [6.07, 6.45) is 40.2. The Morgan fingerprint density at radius 2 is 0.667 bits per heavy atom. The van der Waals surface area contributed by atoms with Crippen LogP contribution in [-0.4, -0.2) is 12.4 Å². The van der Waals surface area contributed by atoms with Crippen molar-refractivity contribution in [2.24, 2.45) is 0 Å². The van der Waals surface area contributed by atoms with Crippen LogP contribution >= 0.6 is 0 Å². The molecule has 0 aromatic carbocycles. The Kier molecular flexibility index (Phi) is 43.5. The van der Waals surface area contributed by atoms with Crippen molar-refractivity contribution >= 4 is 12.4 Å². The Hall–Kier alpha value is 0.742. The van der Waals surface area contributed by atoms with Crippen LogP contribution in [0.4, 0.5) is 0 Å². The summed E-state index contributed by atoms with van der Waals surface area (Å²) in [6, 6.07) is 0. The minimum atomic E-state index is 0. The fourth-order valence-electron chi connectivity index (χ4n) is 1.36. The van der Waals surface area contributed by atoms with Crippen molar-refractivity contribution in [3.8, 4) is 0 Å². The zero-order chi connectivity index (χ0) is 21.3. The molecule has 160 valence electrons. The second kappa shape index (κ2) is 34.4. The molecule has 4 aliphatic rings. The second-order valence-corrected chi connectivity index (χ2v) is 19.4. The summed E-state index contributed by atoms with van der Waals surface area (Å²) in [6.45, 7) is 9.07. The van der Waals surface area contributed by atoms with E-state index in [9.17, 15) is 0 Å². The average Bonchev–Trinajstić information content (AvgIpc) is 3.52. The third-order valence-electron chi connectivity index (χ3n) is 2.34. The Morgan fingerprint density at radius 1 is 0.500 bits per heavy atom. The molecule has 0 heterocycles. The summed E-state index contributed by atoms with van der Waals surface area (Å²) in [5.74, 6) is 0. The Bertz CT molecular complexity index is 494. The van der Waals surface area contributed by atoms with Gasteiger partial charge in [-0.05, 0) is 0 Å². The largest absolute Gasteiger partial charge is 1.00 e. The Morgan fingerprint density at radius 3 is 0.700 bits per heavy atom. The van der Waals surface area contributed by atoms with E-state index in [1.807, 2.05) is 48.6 Å². The monoisotopic (exact) mass is 630 g/mol. The molecule has 0 fully saturated rings. The Labute approximate surface area is 231 Å². The van der Waals surface area contributed by atoms with Crippen molar-refractivity contribution in [3.63, 3.8) is 0 Å². The van der Waals surface area contributed by atoms with E-state index >= 15 is 0 Å². The van der Waals surface area contributed by atoms with E-state index in [-0.39, 0.29) is 46.3 Å². The van der Waals surface area contributed by atoms with Gasteiger partial charge in [-0.2, -0.15) is 24.3 Å². The normalized spacial score (nSPS) is 13.6. The summed E-state index contributed by atoms with van der Waals surface area (Å²) in [5, 5.41) is 0. The van der Waals surface area contributed by atoms with Crippen LogP contribution < -0.4 is 34.0 Å². The van der Waals surface area contributed by atoms with Gasteiger partial charge in [-0.3, -0.25) is 24.3 Å². The van der Waals surface area contributed by atoms with Crippen LogP contribution in [-0.2, 0) is 38.3 Å². The van der Waals surface area contributed by atoms with Gasteiger partial charge in [0.2, 0.25) is 0 Å². The van der Waals surface area contributed by atoms with E-state index in [4.69, 9.17) is 0 Å². The van der Waals surface area contributed by atoms with Gasteiger partial charge in [0.15, 0.2) is 0 Å². The van der Waals surface area contributed by atoms with Crippen LogP contribution in [0.3, 0.4) is 0 Å². The molecule has 0 radical (unpaired) electrons. The molecular formula is C24H32Br2Si2Ti2-2. The van der Waals surface area contributed by atoms with Crippen molar-refractivity contribution in [2.45, 2.75) is 51.9 Å². The molecule has 4 aliphatic carbocycles. The van der Waals surface area contributed by atoms with Gasteiger partial charge >= 0.3 is 76.9 Å². The van der Waals surface area contributed by atoms with Crippen molar-refractivity contribution in [3.05, 3.63) is 97.2 Å². The predicted octanol–water partition coefficient (Wildman–Crippen LogP) is 0.799. The fourth-order valence-corrected chi connectivity index (χ4v) is 1.36. The first kappa shape index (κ1) is 38.0. The topological polar surface area (TPSA) is 0 Å². The zero-order valence-electron chi connectivity index (χ0n) is 18.5. The molecular weight excluding hydrogens is 600 g/mol. The number of halogens is 2. The summed E-state index contributed by atoms with van der Waals surface area (Å²) in [7, 11) is 0. The molecule has 0 aromatic heterocycles. The molecule has 0 amide bonds. The van der Waals surface area contributed by atoms with Gasteiger partial charge in [-0.25, -0.2) is 48.6 Å². The first-order valence-electron chi connectivity index (χ1n) is 9.37. The van der Waals surface area contributed by atoms with Gasteiger partial charge in [-0.15, -0.1) is 25.7 Å². The van der Waals surface area contributed by atoms with Crippen LogP contribution in [0.5, 0.6) is 0 Å². The molecule has 0 aliphatic heterocycles. The standard InChI is InChI=1S/4C5H5.2C2H6Si.2BrH.2Ti/c4*1-2-4-5-3-1;2*1-3-2;;;;/h4*1-3H,4H2;2*1-2H3;2*1H;;/q4*-1;;;;;2*+2/p-2. The first-order chi connectivity index (χ1) is 13.5. The fraction of sp³-hybridized carbons (Fsp3) is 0.333. The van der Waals surface area contributed by atoms with E-state index < -0.39 is 0 Å². The summed E-state index contributed by atoms with van der Waals surface area (Å²) in [4.78, 5) is 0. The first-order valence-corrected chi connectivity index (χ1v) is 19.1. The van der Waals surface area contributed by atoms with Gasteiger partial charge in [0, 0.05) is 0 Å². The molecule has 0 saturated heterocycles. The van der Waals surface area contributed by atoms with Gasteiger partial charge in [0.25, 0.3) is 0 Å². The van der Waals surface area contributed by atoms with E-state index in [2.05, 4.69) is 113 Å². The minimum absolute atomic E-state index is 0. The second-order valence-electron chi connectivity index (χ2n) is 6.01. The van der Waals surface area contributed by atoms with Gasteiger partial charge < -0.3 is 34.0 Å². The quantitative estimate of drug-likeness (QED) is 0.274. The molecule has 0 bridgehead atoms. The molecule has 0 spiro atoms. The van der Waals surface area contributed by atoms with E-state index in [0.717, 1.165) is 25.7 Å². The third kappa shape index (κ3) is 51.4. The summed E-state index contributed by atoms with van der Waals surface area (Å²) in [5.41, 5.74) is 0. The smallest absolute Gasteiger partial charge is 0.109 e. The molecule has 6 heteroatoms. The Balaban J connectivity index is -0.000000134. The number of hydrogen-bond donors (Lipinski definition) is 0. The van der Waals surface area contributed by atoms with Crippen molar-refractivity contribution < 1.29 is 72.3 Å². The average molecular weight is 632 g/mol. The van der Waals surface area contributed by atoms with Crippen LogP contribution in [0.15, 0.2) is 72.9 Å². The molecule has 0 unspecified atom stereocenters. The van der Waals surface area contributed by atoms with Crippen molar-refractivity contribution in [1.82, 2.24) is 0 Å². The van der Waals surface area contributed by atoms with E-state index in [0.29, 0.717) is 0 Å². The maximum Gasteiger partial charge on any atom is -0.109 e. The van der Waals surface area contributed by atoms with Gasteiger partial charge in [0.1, 0.15) is 0 Å².